The number of hydrogen-bond acceptors (Lipinski definition) is 5. The largest absolute Gasteiger partial charge is 0.497 e. The first-order valence-electron chi connectivity index (χ1n) is 10.4. The Labute approximate surface area is 194 Å². The molecule has 0 saturated heterocycles. The SMILES string of the molecule is CNC(=O)C(C)N(Cc1ccccc1F)C(=O)CCCN(c1ccc(OC)cc1)S(C)(=O)=O. The highest BCUT2D eigenvalue weighted by atomic mass is 32.2. The van der Waals surface area contributed by atoms with E-state index in [0.717, 1.165) is 6.26 Å². The van der Waals surface area contributed by atoms with Gasteiger partial charge in [0.15, 0.2) is 0 Å². The highest BCUT2D eigenvalue weighted by Crippen LogP contribution is 2.22. The van der Waals surface area contributed by atoms with Crippen LogP contribution in [-0.2, 0) is 26.2 Å². The van der Waals surface area contributed by atoms with Crippen molar-refractivity contribution in [2.75, 3.05) is 31.3 Å². The Morgan fingerprint density at radius 2 is 1.76 bits per heavy atom. The van der Waals surface area contributed by atoms with E-state index < -0.39 is 21.9 Å². The summed E-state index contributed by atoms with van der Waals surface area (Å²) in [5.41, 5.74) is 0.741. The molecule has 0 aliphatic carbocycles. The second kappa shape index (κ2) is 11.6. The van der Waals surface area contributed by atoms with Gasteiger partial charge in [0.2, 0.25) is 21.8 Å². The van der Waals surface area contributed by atoms with Gasteiger partial charge in [0.05, 0.1) is 19.1 Å². The molecule has 0 aliphatic heterocycles. The zero-order valence-electron chi connectivity index (χ0n) is 19.2. The summed E-state index contributed by atoms with van der Waals surface area (Å²) >= 11 is 0. The monoisotopic (exact) mass is 479 g/mol. The maximum atomic E-state index is 14.2. The van der Waals surface area contributed by atoms with Crippen LogP contribution in [0.3, 0.4) is 0 Å². The summed E-state index contributed by atoms with van der Waals surface area (Å²) in [6.07, 6.45) is 1.29. The second-order valence-electron chi connectivity index (χ2n) is 7.54. The Morgan fingerprint density at radius 1 is 1.12 bits per heavy atom. The molecule has 8 nitrogen and oxygen atoms in total. The number of benzene rings is 2. The van der Waals surface area contributed by atoms with Gasteiger partial charge in [0.25, 0.3) is 0 Å². The standard InChI is InChI=1S/C23H30FN3O5S/c1-17(23(29)25-2)26(16-18-8-5-6-9-21(18)24)22(28)10-7-15-27(33(4,30)31)19-11-13-20(32-3)14-12-19/h5-6,8-9,11-14,17H,7,10,15-16H2,1-4H3,(H,25,29). The third kappa shape index (κ3) is 7.18. The first-order valence-corrected chi connectivity index (χ1v) is 12.3. The van der Waals surface area contributed by atoms with E-state index in [0.29, 0.717) is 11.4 Å². The van der Waals surface area contributed by atoms with Crippen molar-refractivity contribution in [2.24, 2.45) is 0 Å². The number of anilines is 1. The fraction of sp³-hybridized carbons (Fsp3) is 0.391. The summed E-state index contributed by atoms with van der Waals surface area (Å²) in [7, 11) is -0.612. The highest BCUT2D eigenvalue weighted by molar-refractivity contribution is 7.92. The zero-order chi connectivity index (χ0) is 24.6. The topological polar surface area (TPSA) is 96.0 Å². The van der Waals surface area contributed by atoms with Crippen molar-refractivity contribution in [1.29, 1.82) is 0 Å². The molecule has 2 aromatic rings. The molecule has 0 fully saturated rings. The molecule has 0 saturated carbocycles. The summed E-state index contributed by atoms with van der Waals surface area (Å²) in [6.45, 7) is 1.56. The van der Waals surface area contributed by atoms with Crippen molar-refractivity contribution in [2.45, 2.75) is 32.4 Å². The minimum Gasteiger partial charge on any atom is -0.497 e. The number of amides is 2. The number of carbonyl (C=O) groups excluding carboxylic acids is 2. The highest BCUT2D eigenvalue weighted by Gasteiger charge is 2.26. The van der Waals surface area contributed by atoms with Crippen molar-refractivity contribution >= 4 is 27.5 Å². The molecule has 2 rings (SSSR count). The van der Waals surface area contributed by atoms with Gasteiger partial charge < -0.3 is 15.0 Å². The lowest BCUT2D eigenvalue weighted by Gasteiger charge is -2.29. The minimum atomic E-state index is -3.59. The van der Waals surface area contributed by atoms with Crippen LogP contribution in [-0.4, -0.2) is 58.1 Å². The number of hydrogen-bond donors (Lipinski definition) is 1. The van der Waals surface area contributed by atoms with Crippen LogP contribution in [0.1, 0.15) is 25.3 Å². The van der Waals surface area contributed by atoms with Crippen molar-refractivity contribution < 1.29 is 27.1 Å². The van der Waals surface area contributed by atoms with Gasteiger partial charge in [0.1, 0.15) is 17.6 Å². The lowest BCUT2D eigenvalue weighted by atomic mass is 10.1. The molecule has 1 unspecified atom stereocenters. The van der Waals surface area contributed by atoms with Crippen LogP contribution in [0.15, 0.2) is 48.5 Å². The zero-order valence-corrected chi connectivity index (χ0v) is 20.1. The van der Waals surface area contributed by atoms with Gasteiger partial charge >= 0.3 is 0 Å². The van der Waals surface area contributed by atoms with Gasteiger partial charge in [0, 0.05) is 32.1 Å². The second-order valence-corrected chi connectivity index (χ2v) is 9.45. The van der Waals surface area contributed by atoms with Crippen LogP contribution < -0.4 is 14.4 Å². The molecule has 0 aromatic heterocycles. The van der Waals surface area contributed by atoms with Crippen LogP contribution in [0.2, 0.25) is 0 Å². The lowest BCUT2D eigenvalue weighted by Crippen LogP contribution is -2.47. The lowest BCUT2D eigenvalue weighted by molar-refractivity contribution is -0.140. The van der Waals surface area contributed by atoms with E-state index >= 15 is 0 Å². The number of ether oxygens (including phenoxy) is 1. The molecule has 10 heteroatoms. The summed E-state index contributed by atoms with van der Waals surface area (Å²) < 4.78 is 45.1. The fourth-order valence-electron chi connectivity index (χ4n) is 3.35. The molecule has 0 spiro atoms. The average Bonchev–Trinajstić information content (AvgIpc) is 2.79. The third-order valence-corrected chi connectivity index (χ3v) is 6.42. The van der Waals surface area contributed by atoms with Crippen LogP contribution >= 0.6 is 0 Å². The first-order chi connectivity index (χ1) is 15.6. The molecule has 1 atom stereocenters. The molecular weight excluding hydrogens is 449 g/mol. The van der Waals surface area contributed by atoms with E-state index in [4.69, 9.17) is 4.74 Å². The third-order valence-electron chi connectivity index (χ3n) is 5.22. The number of nitrogens with zero attached hydrogens (tertiary/aromatic N) is 2. The Bertz CT molecular complexity index is 1060. The molecule has 2 aromatic carbocycles. The van der Waals surface area contributed by atoms with Crippen LogP contribution in [0.25, 0.3) is 0 Å². The molecule has 0 aliphatic rings. The maximum absolute atomic E-state index is 14.2. The van der Waals surface area contributed by atoms with Gasteiger partial charge in [-0.2, -0.15) is 0 Å². The average molecular weight is 480 g/mol. The Morgan fingerprint density at radius 3 is 2.30 bits per heavy atom. The molecule has 0 bridgehead atoms. The van der Waals surface area contributed by atoms with Crippen LogP contribution in [0.4, 0.5) is 10.1 Å². The summed E-state index contributed by atoms with van der Waals surface area (Å²) in [6, 6.07) is 11.8. The van der Waals surface area contributed by atoms with E-state index in [-0.39, 0.29) is 43.3 Å². The molecule has 33 heavy (non-hydrogen) atoms. The molecule has 2 amide bonds. The molecule has 1 N–H and O–H groups in total. The van der Waals surface area contributed by atoms with Gasteiger partial charge in [-0.15, -0.1) is 0 Å². The van der Waals surface area contributed by atoms with E-state index in [9.17, 15) is 22.4 Å². The van der Waals surface area contributed by atoms with Crippen molar-refractivity contribution in [3.8, 4) is 5.75 Å². The van der Waals surface area contributed by atoms with E-state index in [1.807, 2.05) is 0 Å². The van der Waals surface area contributed by atoms with Crippen molar-refractivity contribution in [3.63, 3.8) is 0 Å². The predicted molar refractivity (Wildman–Crippen MR) is 125 cm³/mol. The summed E-state index contributed by atoms with van der Waals surface area (Å²) in [4.78, 5) is 26.5. The number of sulfonamides is 1. The van der Waals surface area contributed by atoms with E-state index in [2.05, 4.69) is 5.32 Å². The fourth-order valence-corrected chi connectivity index (χ4v) is 4.32. The maximum Gasteiger partial charge on any atom is 0.242 e. The molecule has 0 radical (unpaired) electrons. The smallest absolute Gasteiger partial charge is 0.242 e. The summed E-state index contributed by atoms with van der Waals surface area (Å²) in [5.74, 6) is -0.635. The number of nitrogens with one attached hydrogen (secondary N) is 1. The van der Waals surface area contributed by atoms with Crippen LogP contribution in [0, 0.1) is 5.82 Å². The van der Waals surface area contributed by atoms with Gasteiger partial charge in [-0.05, 0) is 43.7 Å². The number of halogens is 1. The van der Waals surface area contributed by atoms with Gasteiger partial charge in [-0.3, -0.25) is 13.9 Å². The van der Waals surface area contributed by atoms with Crippen LogP contribution in [0.5, 0.6) is 5.75 Å². The normalized spacial score (nSPS) is 12.0. The van der Waals surface area contributed by atoms with Crippen molar-refractivity contribution in [3.05, 3.63) is 59.9 Å². The molecule has 0 heterocycles. The predicted octanol–water partition coefficient (Wildman–Crippen LogP) is 2.54. The minimum absolute atomic E-state index is 0.0159. The number of rotatable bonds is 11. The Hall–Kier alpha value is -3.14. The van der Waals surface area contributed by atoms with E-state index in [1.54, 1.807) is 49.4 Å². The number of likely N-dealkylation sites (N-methyl/N-ethyl adjacent to an activating group) is 1. The van der Waals surface area contributed by atoms with E-state index in [1.165, 1.54) is 29.4 Å². The molecule has 180 valence electrons. The molecular formula is C23H30FN3O5S. The van der Waals surface area contributed by atoms with Gasteiger partial charge in [-0.25, -0.2) is 12.8 Å². The number of methoxy groups -OCH3 is 1. The quantitative estimate of drug-likeness (QED) is 0.534. The van der Waals surface area contributed by atoms with Crippen molar-refractivity contribution in [1.82, 2.24) is 10.2 Å². The number of carbonyl (C=O) groups is 2. The summed E-state index contributed by atoms with van der Waals surface area (Å²) in [5, 5.41) is 2.50. The Kier molecular flexibility index (Phi) is 9.22. The Balaban J connectivity index is 2.14. The van der Waals surface area contributed by atoms with Gasteiger partial charge in [-0.1, -0.05) is 18.2 Å². The first kappa shape index (κ1) is 26.1.